The van der Waals surface area contributed by atoms with Crippen LogP contribution >= 0.6 is 11.3 Å². The molecule has 0 spiro atoms. The van der Waals surface area contributed by atoms with Gasteiger partial charge in [0.2, 0.25) is 5.91 Å². The number of aryl methyl sites for hydroxylation is 1. The molecule has 1 aromatic carbocycles. The number of urea groups is 1. The number of carbonyl (C=O) groups excluding carboxylic acids is 2. The lowest BCUT2D eigenvalue weighted by atomic mass is 9.98. The predicted molar refractivity (Wildman–Crippen MR) is 109 cm³/mol. The van der Waals surface area contributed by atoms with E-state index in [1.54, 1.807) is 0 Å². The second kappa shape index (κ2) is 6.86. The Bertz CT molecular complexity index is 942. The largest absolute Gasteiger partial charge is 0.327 e. The van der Waals surface area contributed by atoms with E-state index in [1.807, 2.05) is 22.4 Å². The minimum Gasteiger partial charge on any atom is -0.327 e. The molecule has 3 unspecified atom stereocenters. The SMILES string of the molecule is NC1CCC2CN(C(=O)Nc3nc(-c4ccc5c(c4)CCC(=O)N5)cs3)CC12. The van der Waals surface area contributed by atoms with E-state index in [2.05, 4.69) is 21.7 Å². The highest BCUT2D eigenvalue weighted by molar-refractivity contribution is 7.14. The van der Waals surface area contributed by atoms with Crippen LogP contribution in [0.15, 0.2) is 23.6 Å². The quantitative estimate of drug-likeness (QED) is 0.725. The number of amides is 3. The van der Waals surface area contributed by atoms with Gasteiger partial charge >= 0.3 is 6.03 Å². The van der Waals surface area contributed by atoms with Crippen molar-refractivity contribution >= 4 is 34.1 Å². The molecular weight excluding hydrogens is 374 g/mol. The summed E-state index contributed by atoms with van der Waals surface area (Å²) in [5, 5.41) is 8.39. The van der Waals surface area contributed by atoms with Gasteiger partial charge in [-0.1, -0.05) is 6.07 Å². The van der Waals surface area contributed by atoms with Crippen molar-refractivity contribution in [1.29, 1.82) is 0 Å². The summed E-state index contributed by atoms with van der Waals surface area (Å²) in [6, 6.07) is 6.08. The van der Waals surface area contributed by atoms with E-state index in [1.165, 1.54) is 11.3 Å². The lowest BCUT2D eigenvalue weighted by Crippen LogP contribution is -2.36. The molecule has 3 heterocycles. The maximum Gasteiger partial charge on any atom is 0.323 e. The summed E-state index contributed by atoms with van der Waals surface area (Å²) >= 11 is 1.43. The third kappa shape index (κ3) is 3.16. The molecule has 1 aliphatic carbocycles. The Morgan fingerprint density at radius 2 is 2.18 bits per heavy atom. The number of likely N-dealkylation sites (tertiary alicyclic amines) is 1. The maximum absolute atomic E-state index is 12.6. The molecule has 28 heavy (non-hydrogen) atoms. The van der Waals surface area contributed by atoms with Crippen LogP contribution in [-0.4, -0.2) is 41.0 Å². The van der Waals surface area contributed by atoms with Crippen LogP contribution in [0.3, 0.4) is 0 Å². The van der Waals surface area contributed by atoms with Crippen LogP contribution in [0.5, 0.6) is 0 Å². The molecule has 8 heteroatoms. The van der Waals surface area contributed by atoms with Crippen LogP contribution < -0.4 is 16.4 Å². The number of benzene rings is 1. The van der Waals surface area contributed by atoms with Crippen LogP contribution in [0.2, 0.25) is 0 Å². The average molecular weight is 398 g/mol. The van der Waals surface area contributed by atoms with E-state index in [4.69, 9.17) is 5.73 Å². The molecule has 0 radical (unpaired) electrons. The first kappa shape index (κ1) is 17.6. The Morgan fingerprint density at radius 1 is 1.29 bits per heavy atom. The van der Waals surface area contributed by atoms with Gasteiger partial charge in [0.15, 0.2) is 5.13 Å². The van der Waals surface area contributed by atoms with Gasteiger partial charge in [-0.05, 0) is 48.8 Å². The molecule has 3 aliphatic rings. The molecule has 7 nitrogen and oxygen atoms in total. The second-order valence-corrected chi connectivity index (χ2v) is 8.82. The maximum atomic E-state index is 12.6. The zero-order valence-corrected chi connectivity index (χ0v) is 16.3. The third-order valence-corrected chi connectivity index (χ3v) is 6.97. The number of nitrogens with one attached hydrogen (secondary N) is 2. The number of aromatic nitrogens is 1. The molecule has 146 valence electrons. The number of hydrogen-bond donors (Lipinski definition) is 3. The van der Waals surface area contributed by atoms with Gasteiger partial charge in [0.1, 0.15) is 0 Å². The van der Waals surface area contributed by atoms with Crippen molar-refractivity contribution in [2.75, 3.05) is 23.7 Å². The van der Waals surface area contributed by atoms with Gasteiger partial charge in [-0.25, -0.2) is 9.78 Å². The van der Waals surface area contributed by atoms with Crippen molar-refractivity contribution in [3.05, 3.63) is 29.1 Å². The summed E-state index contributed by atoms with van der Waals surface area (Å²) in [6.45, 7) is 1.53. The fourth-order valence-electron chi connectivity index (χ4n) is 4.65. The number of thiazole rings is 1. The number of nitrogens with zero attached hydrogens (tertiary/aromatic N) is 2. The lowest BCUT2D eigenvalue weighted by Gasteiger charge is -2.18. The first-order chi connectivity index (χ1) is 13.6. The standard InChI is InChI=1S/C20H23N5O2S/c21-15-4-1-13-8-25(9-14(13)15)20(27)24-19-23-17(10-28-19)12-2-5-16-11(7-12)3-6-18(26)22-16/h2,5,7,10,13-15H,1,3-4,6,8-9,21H2,(H,22,26)(H,23,24,27). The molecule has 1 saturated carbocycles. The average Bonchev–Trinajstić information content (AvgIpc) is 3.39. The highest BCUT2D eigenvalue weighted by atomic mass is 32.1. The third-order valence-electron chi connectivity index (χ3n) is 6.21. The number of carbonyl (C=O) groups is 2. The van der Waals surface area contributed by atoms with E-state index in [0.29, 0.717) is 23.4 Å². The monoisotopic (exact) mass is 397 g/mol. The second-order valence-electron chi connectivity index (χ2n) is 7.96. The number of nitrogens with two attached hydrogens (primary N) is 1. The molecule has 2 aromatic rings. The van der Waals surface area contributed by atoms with Crippen LogP contribution in [0.4, 0.5) is 15.6 Å². The number of rotatable bonds is 2. The summed E-state index contributed by atoms with van der Waals surface area (Å²) in [7, 11) is 0. The van der Waals surface area contributed by atoms with Crippen molar-refractivity contribution in [2.45, 2.75) is 31.7 Å². The van der Waals surface area contributed by atoms with E-state index < -0.39 is 0 Å². The first-order valence-electron chi connectivity index (χ1n) is 9.77. The summed E-state index contributed by atoms with van der Waals surface area (Å²) < 4.78 is 0. The Morgan fingerprint density at radius 3 is 3.04 bits per heavy atom. The van der Waals surface area contributed by atoms with Crippen LogP contribution in [-0.2, 0) is 11.2 Å². The van der Waals surface area contributed by atoms with E-state index in [-0.39, 0.29) is 18.0 Å². The zero-order valence-electron chi connectivity index (χ0n) is 15.5. The number of hydrogen-bond acceptors (Lipinski definition) is 5. The van der Waals surface area contributed by atoms with Gasteiger partial charge in [0, 0.05) is 42.2 Å². The van der Waals surface area contributed by atoms with Crippen LogP contribution in [0.25, 0.3) is 11.3 Å². The minimum atomic E-state index is -0.0874. The molecule has 2 aliphatic heterocycles. The Hall–Kier alpha value is -2.45. The Balaban J connectivity index is 1.27. The predicted octanol–water partition coefficient (Wildman–Crippen LogP) is 2.90. The lowest BCUT2D eigenvalue weighted by molar-refractivity contribution is -0.116. The van der Waals surface area contributed by atoms with Crippen LogP contribution in [0.1, 0.15) is 24.8 Å². The smallest absolute Gasteiger partial charge is 0.323 e. The molecule has 5 rings (SSSR count). The molecule has 2 fully saturated rings. The Kier molecular flexibility index (Phi) is 4.32. The van der Waals surface area contributed by atoms with Gasteiger partial charge in [0.05, 0.1) is 5.69 Å². The van der Waals surface area contributed by atoms with E-state index in [9.17, 15) is 9.59 Å². The van der Waals surface area contributed by atoms with Crippen molar-refractivity contribution in [3.8, 4) is 11.3 Å². The van der Waals surface area contributed by atoms with Crippen molar-refractivity contribution in [3.63, 3.8) is 0 Å². The fraction of sp³-hybridized carbons (Fsp3) is 0.450. The van der Waals surface area contributed by atoms with Gasteiger partial charge in [0.25, 0.3) is 0 Å². The van der Waals surface area contributed by atoms with E-state index in [0.717, 1.165) is 54.9 Å². The molecule has 4 N–H and O–H groups in total. The summed E-state index contributed by atoms with van der Waals surface area (Å²) in [4.78, 5) is 30.6. The van der Waals surface area contributed by atoms with Gasteiger partial charge in [-0.15, -0.1) is 11.3 Å². The van der Waals surface area contributed by atoms with Crippen molar-refractivity contribution in [1.82, 2.24) is 9.88 Å². The van der Waals surface area contributed by atoms with Crippen molar-refractivity contribution in [2.24, 2.45) is 17.6 Å². The molecule has 1 saturated heterocycles. The molecule has 1 aromatic heterocycles. The first-order valence-corrected chi connectivity index (χ1v) is 10.6. The van der Waals surface area contributed by atoms with Crippen molar-refractivity contribution < 1.29 is 9.59 Å². The fourth-order valence-corrected chi connectivity index (χ4v) is 5.36. The summed E-state index contributed by atoms with van der Waals surface area (Å²) in [5.41, 5.74) is 9.99. The topological polar surface area (TPSA) is 100 Å². The number of anilines is 2. The van der Waals surface area contributed by atoms with E-state index >= 15 is 0 Å². The number of fused-ring (bicyclic) bond motifs is 2. The molecule has 3 amide bonds. The van der Waals surface area contributed by atoms with Gasteiger partial charge in [-0.3, -0.25) is 10.1 Å². The molecule has 0 bridgehead atoms. The van der Waals surface area contributed by atoms with Gasteiger partial charge in [-0.2, -0.15) is 0 Å². The van der Waals surface area contributed by atoms with Gasteiger partial charge < -0.3 is 16.0 Å². The molecular formula is C20H23N5O2S. The minimum absolute atomic E-state index is 0.0610. The normalized spacial score (nSPS) is 26.0. The summed E-state index contributed by atoms with van der Waals surface area (Å²) in [5.74, 6) is 1.04. The highest BCUT2D eigenvalue weighted by Gasteiger charge is 2.42. The highest BCUT2D eigenvalue weighted by Crippen LogP contribution is 2.37. The zero-order chi connectivity index (χ0) is 19.3. The summed E-state index contributed by atoms with van der Waals surface area (Å²) in [6.07, 6.45) is 3.44. The molecule has 3 atom stereocenters. The Labute approximate surface area is 167 Å². The van der Waals surface area contributed by atoms with Crippen LogP contribution in [0, 0.1) is 11.8 Å².